The number of halogens is 3. The maximum atomic E-state index is 13.8. The molecule has 0 spiro atoms. The van der Waals surface area contributed by atoms with Crippen LogP contribution >= 0.6 is 0 Å². The van der Waals surface area contributed by atoms with Crippen LogP contribution in [0.15, 0.2) is 71.4 Å². The number of nitrogens with one attached hydrogen (secondary N) is 1. The standard InChI is InChI=1S/C26H21F3N4O/c1-25(2,3)17-11-9-15(10-12-17)19-13-18-23(34-19)22(31-14-30-18)21-20(16-7-5-4-6-8-16)24(33-32-21)26(27,28)29/h4-14H,1-3H3,(H,32,33). The van der Waals surface area contributed by atoms with Gasteiger partial charge in [-0.25, -0.2) is 9.97 Å². The van der Waals surface area contributed by atoms with Crippen LogP contribution in [0.4, 0.5) is 13.2 Å². The number of aromatic nitrogens is 4. The SMILES string of the molecule is CC(C)(C)c1ccc(-c2cc3ncnc(-c4n[nH]c(C(F)(F)F)c4-c4ccccc4)c3o2)cc1. The Morgan fingerprint density at radius 3 is 2.18 bits per heavy atom. The number of rotatable bonds is 3. The summed E-state index contributed by atoms with van der Waals surface area (Å²) in [5, 5.41) is 6.16. The highest BCUT2D eigenvalue weighted by Gasteiger charge is 2.38. The second-order valence-electron chi connectivity index (χ2n) is 9.06. The molecule has 2 aromatic carbocycles. The molecule has 0 bridgehead atoms. The van der Waals surface area contributed by atoms with Crippen molar-refractivity contribution in [3.8, 4) is 33.8 Å². The van der Waals surface area contributed by atoms with E-state index in [1.54, 1.807) is 36.4 Å². The Morgan fingerprint density at radius 1 is 0.824 bits per heavy atom. The van der Waals surface area contributed by atoms with Crippen LogP contribution in [0.3, 0.4) is 0 Å². The first-order valence-electron chi connectivity index (χ1n) is 10.7. The number of hydrogen-bond donors (Lipinski definition) is 1. The number of benzene rings is 2. The first-order valence-corrected chi connectivity index (χ1v) is 10.7. The molecule has 3 heterocycles. The molecule has 0 fully saturated rings. The fourth-order valence-corrected chi connectivity index (χ4v) is 3.90. The Labute approximate surface area is 193 Å². The average Bonchev–Trinajstić information content (AvgIpc) is 3.44. The quantitative estimate of drug-likeness (QED) is 0.306. The number of hydrogen-bond acceptors (Lipinski definition) is 4. The fourth-order valence-electron chi connectivity index (χ4n) is 3.90. The van der Waals surface area contributed by atoms with Gasteiger partial charge in [-0.15, -0.1) is 0 Å². The number of alkyl halides is 3. The van der Waals surface area contributed by atoms with Crippen LogP contribution in [0.1, 0.15) is 32.0 Å². The number of H-pyrrole nitrogens is 1. The molecule has 5 rings (SSSR count). The van der Waals surface area contributed by atoms with E-state index in [2.05, 4.69) is 40.9 Å². The fraction of sp³-hybridized carbons (Fsp3) is 0.192. The van der Waals surface area contributed by atoms with Gasteiger partial charge in [0.05, 0.1) is 0 Å². The van der Waals surface area contributed by atoms with E-state index in [9.17, 15) is 13.2 Å². The molecule has 0 saturated carbocycles. The third kappa shape index (κ3) is 3.85. The highest BCUT2D eigenvalue weighted by Crippen LogP contribution is 2.42. The van der Waals surface area contributed by atoms with Crippen molar-refractivity contribution in [1.82, 2.24) is 20.2 Å². The van der Waals surface area contributed by atoms with Gasteiger partial charge in [-0.3, -0.25) is 5.10 Å². The summed E-state index contributed by atoms with van der Waals surface area (Å²) in [6.45, 7) is 6.40. The largest absolute Gasteiger partial charge is 0.452 e. The number of nitrogens with zero attached hydrogens (tertiary/aromatic N) is 3. The zero-order chi connectivity index (χ0) is 24.1. The van der Waals surface area contributed by atoms with E-state index < -0.39 is 11.9 Å². The molecule has 0 radical (unpaired) electrons. The lowest BCUT2D eigenvalue weighted by atomic mass is 9.86. The van der Waals surface area contributed by atoms with Crippen molar-refractivity contribution in [1.29, 1.82) is 0 Å². The number of fused-ring (bicyclic) bond motifs is 1. The molecule has 0 amide bonds. The van der Waals surface area contributed by atoms with Gasteiger partial charge in [0.15, 0.2) is 5.58 Å². The topological polar surface area (TPSA) is 67.6 Å². The van der Waals surface area contributed by atoms with E-state index in [1.165, 1.54) is 11.9 Å². The molecule has 34 heavy (non-hydrogen) atoms. The molecule has 0 saturated heterocycles. The summed E-state index contributed by atoms with van der Waals surface area (Å²) in [5.74, 6) is 0.546. The van der Waals surface area contributed by atoms with Crippen LogP contribution in [0.25, 0.3) is 44.9 Å². The predicted octanol–water partition coefficient (Wildman–Crippen LogP) is 7.26. The first-order chi connectivity index (χ1) is 16.1. The van der Waals surface area contributed by atoms with Crippen molar-refractivity contribution < 1.29 is 17.6 Å². The van der Waals surface area contributed by atoms with Crippen molar-refractivity contribution in [2.75, 3.05) is 0 Å². The molecular formula is C26H21F3N4O. The van der Waals surface area contributed by atoms with E-state index in [0.29, 0.717) is 16.8 Å². The highest BCUT2D eigenvalue weighted by molar-refractivity contribution is 5.94. The van der Waals surface area contributed by atoms with Crippen molar-refractivity contribution in [2.45, 2.75) is 32.4 Å². The Balaban J connectivity index is 1.67. The van der Waals surface area contributed by atoms with E-state index in [-0.39, 0.29) is 27.9 Å². The highest BCUT2D eigenvalue weighted by atomic mass is 19.4. The predicted molar refractivity (Wildman–Crippen MR) is 124 cm³/mol. The minimum Gasteiger partial charge on any atom is -0.452 e. The van der Waals surface area contributed by atoms with Crippen LogP contribution in [-0.2, 0) is 11.6 Å². The zero-order valence-electron chi connectivity index (χ0n) is 18.7. The molecule has 172 valence electrons. The molecule has 0 aliphatic heterocycles. The van der Waals surface area contributed by atoms with E-state index in [1.807, 2.05) is 24.3 Å². The molecular weight excluding hydrogens is 441 g/mol. The third-order valence-electron chi connectivity index (χ3n) is 5.68. The second-order valence-corrected chi connectivity index (χ2v) is 9.06. The Bertz CT molecular complexity index is 1460. The van der Waals surface area contributed by atoms with Crippen LogP contribution < -0.4 is 0 Å². The second kappa shape index (κ2) is 7.83. The molecule has 0 aliphatic carbocycles. The summed E-state index contributed by atoms with van der Waals surface area (Å²) in [6.07, 6.45) is -3.32. The molecule has 0 atom stereocenters. The molecule has 5 aromatic rings. The lowest BCUT2D eigenvalue weighted by Crippen LogP contribution is -2.10. The van der Waals surface area contributed by atoms with E-state index in [0.717, 1.165) is 5.56 Å². The smallest absolute Gasteiger partial charge is 0.433 e. The van der Waals surface area contributed by atoms with Gasteiger partial charge in [-0.1, -0.05) is 75.4 Å². The van der Waals surface area contributed by atoms with Gasteiger partial charge >= 0.3 is 6.18 Å². The van der Waals surface area contributed by atoms with Crippen molar-refractivity contribution >= 4 is 11.1 Å². The van der Waals surface area contributed by atoms with Crippen molar-refractivity contribution in [2.24, 2.45) is 0 Å². The Morgan fingerprint density at radius 2 is 1.53 bits per heavy atom. The number of furan rings is 1. The normalized spacial score (nSPS) is 12.4. The van der Waals surface area contributed by atoms with Gasteiger partial charge in [-0.05, 0) is 16.5 Å². The molecule has 8 heteroatoms. The van der Waals surface area contributed by atoms with Gasteiger partial charge in [0.25, 0.3) is 0 Å². The summed E-state index contributed by atoms with van der Waals surface area (Å²) in [5.41, 5.74) is 2.36. The van der Waals surface area contributed by atoms with E-state index >= 15 is 0 Å². The summed E-state index contributed by atoms with van der Waals surface area (Å²) in [7, 11) is 0. The van der Waals surface area contributed by atoms with Crippen LogP contribution in [0.2, 0.25) is 0 Å². The minimum absolute atomic E-state index is 0.00896. The maximum absolute atomic E-state index is 13.8. The lowest BCUT2D eigenvalue weighted by Gasteiger charge is -2.18. The Kier molecular flexibility index (Phi) is 5.04. The van der Waals surface area contributed by atoms with Gasteiger partial charge in [-0.2, -0.15) is 18.3 Å². The van der Waals surface area contributed by atoms with Crippen LogP contribution in [0.5, 0.6) is 0 Å². The van der Waals surface area contributed by atoms with Crippen LogP contribution in [0, 0.1) is 0 Å². The first kappa shape index (κ1) is 21.9. The van der Waals surface area contributed by atoms with E-state index in [4.69, 9.17) is 4.42 Å². The zero-order valence-corrected chi connectivity index (χ0v) is 18.7. The summed E-state index contributed by atoms with van der Waals surface area (Å²) in [4.78, 5) is 8.52. The lowest BCUT2D eigenvalue weighted by molar-refractivity contribution is -0.140. The maximum Gasteiger partial charge on any atom is 0.433 e. The van der Waals surface area contributed by atoms with Gasteiger partial charge in [0.1, 0.15) is 34.7 Å². The average molecular weight is 462 g/mol. The van der Waals surface area contributed by atoms with Crippen molar-refractivity contribution in [3.63, 3.8) is 0 Å². The van der Waals surface area contributed by atoms with Crippen molar-refractivity contribution in [3.05, 3.63) is 78.2 Å². The Hall–Kier alpha value is -3.94. The summed E-state index contributed by atoms with van der Waals surface area (Å²) >= 11 is 0. The van der Waals surface area contributed by atoms with Gasteiger partial charge < -0.3 is 4.42 Å². The molecule has 0 aliphatic rings. The van der Waals surface area contributed by atoms with Gasteiger partial charge in [0, 0.05) is 17.2 Å². The molecule has 5 nitrogen and oxygen atoms in total. The van der Waals surface area contributed by atoms with Crippen LogP contribution in [-0.4, -0.2) is 20.2 Å². The minimum atomic E-state index is -4.62. The summed E-state index contributed by atoms with van der Waals surface area (Å²) < 4.78 is 47.5. The molecule has 0 unspecified atom stereocenters. The molecule has 1 N–H and O–H groups in total. The van der Waals surface area contributed by atoms with Gasteiger partial charge in [0.2, 0.25) is 0 Å². The number of aromatic amines is 1. The summed E-state index contributed by atoms with van der Waals surface area (Å²) in [6, 6.07) is 18.0. The third-order valence-corrected chi connectivity index (χ3v) is 5.68. The monoisotopic (exact) mass is 462 g/mol. The molecule has 3 aromatic heterocycles.